The van der Waals surface area contributed by atoms with E-state index in [4.69, 9.17) is 0 Å². The van der Waals surface area contributed by atoms with Gasteiger partial charge in [-0.25, -0.2) is 9.97 Å². The van der Waals surface area contributed by atoms with Crippen LogP contribution in [0.1, 0.15) is 5.69 Å². The molecule has 1 heterocycles. The summed E-state index contributed by atoms with van der Waals surface area (Å²) in [7, 11) is 0. The van der Waals surface area contributed by atoms with Gasteiger partial charge in [0.25, 0.3) is 0 Å². The molecule has 0 amide bonds. The summed E-state index contributed by atoms with van der Waals surface area (Å²) in [5.74, 6) is 0.206. The van der Waals surface area contributed by atoms with Crippen molar-refractivity contribution in [3.63, 3.8) is 0 Å². The summed E-state index contributed by atoms with van der Waals surface area (Å²) in [4.78, 5) is 8.53. The van der Waals surface area contributed by atoms with Crippen molar-refractivity contribution in [2.75, 3.05) is 0 Å². The zero-order chi connectivity index (χ0) is 9.42. The molecule has 0 aliphatic rings. The Labute approximate surface area is 83.6 Å². The van der Waals surface area contributed by atoms with Crippen LogP contribution in [0.15, 0.2) is 22.8 Å². The predicted molar refractivity (Wildman–Crippen MR) is 53.6 cm³/mol. The predicted octanol–water partition coefficient (Wildman–Crippen LogP) is 2.41. The van der Waals surface area contributed by atoms with E-state index in [1.165, 1.54) is 0 Å². The van der Waals surface area contributed by atoms with E-state index in [1.54, 1.807) is 18.2 Å². The molecule has 0 atom stereocenters. The van der Waals surface area contributed by atoms with Gasteiger partial charge in [-0.15, -0.1) is 0 Å². The summed E-state index contributed by atoms with van der Waals surface area (Å²) >= 11 is 3.29. The first-order valence-electron chi connectivity index (χ1n) is 3.80. The number of hydrogen-bond donors (Lipinski definition) is 1. The van der Waals surface area contributed by atoms with Crippen LogP contribution in [0.25, 0.3) is 11.0 Å². The lowest BCUT2D eigenvalue weighted by molar-refractivity contribution is 0.476. The second-order valence-electron chi connectivity index (χ2n) is 2.77. The van der Waals surface area contributed by atoms with Crippen LogP contribution in [0.2, 0.25) is 0 Å². The number of halogens is 1. The van der Waals surface area contributed by atoms with Crippen molar-refractivity contribution < 1.29 is 5.11 Å². The molecule has 4 heteroatoms. The Kier molecular flexibility index (Phi) is 1.92. The van der Waals surface area contributed by atoms with Gasteiger partial charge < -0.3 is 5.11 Å². The molecule has 0 bridgehead atoms. The number of hydrogen-bond acceptors (Lipinski definition) is 3. The van der Waals surface area contributed by atoms with E-state index in [0.717, 1.165) is 11.2 Å². The third-order valence-electron chi connectivity index (χ3n) is 1.76. The molecule has 2 rings (SSSR count). The molecule has 0 unspecified atom stereocenters. The van der Waals surface area contributed by atoms with Crippen molar-refractivity contribution in [1.82, 2.24) is 9.97 Å². The molecule has 1 N–H and O–H groups in total. The highest BCUT2D eigenvalue weighted by molar-refractivity contribution is 9.10. The van der Waals surface area contributed by atoms with Crippen molar-refractivity contribution in [3.8, 4) is 5.75 Å². The molecular formula is C9H7BrN2O. The number of aromatic nitrogens is 2. The highest BCUT2D eigenvalue weighted by Gasteiger charge is 2.02. The summed E-state index contributed by atoms with van der Waals surface area (Å²) in [5.41, 5.74) is 2.33. The lowest BCUT2D eigenvalue weighted by atomic mass is 10.3. The lowest BCUT2D eigenvalue weighted by Gasteiger charge is -2.00. The first-order chi connectivity index (χ1) is 6.16. The van der Waals surface area contributed by atoms with Crippen molar-refractivity contribution in [2.45, 2.75) is 6.92 Å². The Hall–Kier alpha value is -1.16. The molecule has 2 aromatic rings. The number of aromatic hydroxyl groups is 1. The Balaban J connectivity index is 2.81. The van der Waals surface area contributed by atoms with Crippen molar-refractivity contribution in [1.29, 1.82) is 0 Å². The minimum atomic E-state index is 0.206. The fraction of sp³-hybridized carbons (Fsp3) is 0.111. The van der Waals surface area contributed by atoms with Crippen molar-refractivity contribution in [2.24, 2.45) is 0 Å². The standard InChI is InChI=1S/C9H7BrN2O/c1-5-9(10)12-8-4-6(13)2-3-7(8)11-5/h2-4,13H,1H3. The van der Waals surface area contributed by atoms with Crippen molar-refractivity contribution in [3.05, 3.63) is 28.5 Å². The summed E-state index contributed by atoms with van der Waals surface area (Å²) in [6.07, 6.45) is 0. The van der Waals surface area contributed by atoms with E-state index >= 15 is 0 Å². The van der Waals surface area contributed by atoms with Gasteiger partial charge in [0.15, 0.2) is 0 Å². The van der Waals surface area contributed by atoms with Gasteiger partial charge in [0, 0.05) is 6.07 Å². The molecule has 0 saturated carbocycles. The third kappa shape index (κ3) is 1.49. The van der Waals surface area contributed by atoms with E-state index < -0.39 is 0 Å². The molecule has 0 fully saturated rings. The first kappa shape index (κ1) is 8.44. The smallest absolute Gasteiger partial charge is 0.128 e. The van der Waals surface area contributed by atoms with Crippen LogP contribution in [0.5, 0.6) is 5.75 Å². The van der Waals surface area contributed by atoms with Crippen LogP contribution in [0.3, 0.4) is 0 Å². The Morgan fingerprint density at radius 1 is 1.23 bits per heavy atom. The highest BCUT2D eigenvalue weighted by atomic mass is 79.9. The molecule has 0 aliphatic carbocycles. The van der Waals surface area contributed by atoms with Gasteiger partial charge in [-0.3, -0.25) is 0 Å². The van der Waals surface area contributed by atoms with E-state index in [0.29, 0.717) is 10.1 Å². The molecule has 0 aliphatic heterocycles. The fourth-order valence-corrected chi connectivity index (χ4v) is 1.39. The van der Waals surface area contributed by atoms with Crippen LogP contribution >= 0.6 is 15.9 Å². The summed E-state index contributed by atoms with van der Waals surface area (Å²) in [6, 6.07) is 4.94. The number of phenolic OH excluding ortho intramolecular Hbond substituents is 1. The summed E-state index contributed by atoms with van der Waals surface area (Å²) < 4.78 is 0.714. The molecule has 1 aromatic heterocycles. The number of fused-ring (bicyclic) bond motifs is 1. The van der Waals surface area contributed by atoms with E-state index in [9.17, 15) is 5.11 Å². The van der Waals surface area contributed by atoms with Gasteiger partial charge in [-0.1, -0.05) is 0 Å². The summed E-state index contributed by atoms with van der Waals surface area (Å²) in [6.45, 7) is 1.88. The van der Waals surface area contributed by atoms with Gasteiger partial charge in [0.05, 0.1) is 16.7 Å². The number of nitrogens with zero attached hydrogens (tertiary/aromatic N) is 2. The normalized spacial score (nSPS) is 10.6. The van der Waals surface area contributed by atoms with Crippen LogP contribution in [0, 0.1) is 6.92 Å². The maximum Gasteiger partial charge on any atom is 0.128 e. The zero-order valence-corrected chi connectivity index (χ0v) is 8.54. The van der Waals surface area contributed by atoms with Gasteiger partial charge in [-0.2, -0.15) is 0 Å². The van der Waals surface area contributed by atoms with Gasteiger partial charge >= 0.3 is 0 Å². The average molecular weight is 239 g/mol. The third-order valence-corrected chi connectivity index (χ3v) is 2.52. The van der Waals surface area contributed by atoms with E-state index in [1.807, 2.05) is 6.92 Å². The second-order valence-corrected chi connectivity index (χ2v) is 3.52. The molecule has 0 saturated heterocycles. The molecule has 13 heavy (non-hydrogen) atoms. The van der Waals surface area contributed by atoms with Gasteiger partial charge in [0.1, 0.15) is 10.4 Å². The van der Waals surface area contributed by atoms with Crippen LogP contribution in [-0.2, 0) is 0 Å². The van der Waals surface area contributed by atoms with Crippen LogP contribution in [0.4, 0.5) is 0 Å². The zero-order valence-electron chi connectivity index (χ0n) is 6.95. The molecule has 1 aromatic carbocycles. The minimum Gasteiger partial charge on any atom is -0.508 e. The average Bonchev–Trinajstić information content (AvgIpc) is 2.08. The number of phenols is 1. The Bertz CT molecular complexity index is 470. The molecule has 3 nitrogen and oxygen atoms in total. The highest BCUT2D eigenvalue weighted by Crippen LogP contribution is 2.20. The molecule has 66 valence electrons. The van der Waals surface area contributed by atoms with Crippen LogP contribution in [-0.4, -0.2) is 15.1 Å². The quantitative estimate of drug-likeness (QED) is 0.767. The molecule has 0 radical (unpaired) electrons. The topological polar surface area (TPSA) is 46.0 Å². The monoisotopic (exact) mass is 238 g/mol. The Morgan fingerprint density at radius 2 is 2.00 bits per heavy atom. The van der Waals surface area contributed by atoms with Gasteiger partial charge in [0.2, 0.25) is 0 Å². The molecular weight excluding hydrogens is 232 g/mol. The number of aryl methyl sites for hydroxylation is 1. The van der Waals surface area contributed by atoms with Gasteiger partial charge in [-0.05, 0) is 35.0 Å². The number of benzene rings is 1. The van der Waals surface area contributed by atoms with E-state index in [-0.39, 0.29) is 5.75 Å². The summed E-state index contributed by atoms with van der Waals surface area (Å²) in [5, 5.41) is 9.21. The number of rotatable bonds is 0. The maximum absolute atomic E-state index is 9.21. The Morgan fingerprint density at radius 3 is 2.77 bits per heavy atom. The molecule has 0 spiro atoms. The minimum absolute atomic E-state index is 0.206. The second kappa shape index (κ2) is 2.96. The fourth-order valence-electron chi connectivity index (χ4n) is 1.11. The van der Waals surface area contributed by atoms with E-state index in [2.05, 4.69) is 25.9 Å². The van der Waals surface area contributed by atoms with Crippen LogP contribution < -0.4 is 0 Å². The maximum atomic E-state index is 9.21. The van der Waals surface area contributed by atoms with Crippen molar-refractivity contribution >= 4 is 27.0 Å². The lowest BCUT2D eigenvalue weighted by Crippen LogP contribution is -1.89. The largest absolute Gasteiger partial charge is 0.508 e. The SMILES string of the molecule is Cc1nc2ccc(O)cc2nc1Br. The first-order valence-corrected chi connectivity index (χ1v) is 4.59.